The molecular weight excluding hydrogens is 311 g/mol. The third kappa shape index (κ3) is 3.75. The van der Waals surface area contributed by atoms with Crippen molar-refractivity contribution < 1.29 is 19.1 Å². The summed E-state index contributed by atoms with van der Waals surface area (Å²) in [5.74, 6) is -1.58. The lowest BCUT2D eigenvalue weighted by atomic mass is 9.95. The summed E-state index contributed by atoms with van der Waals surface area (Å²) in [5.41, 5.74) is 0.575. The lowest BCUT2D eigenvalue weighted by Crippen LogP contribution is -2.54. The lowest BCUT2D eigenvalue weighted by molar-refractivity contribution is -0.153. The largest absolute Gasteiger partial charge is 0.480 e. The highest BCUT2D eigenvalue weighted by Crippen LogP contribution is 2.26. The summed E-state index contributed by atoms with van der Waals surface area (Å²) in [7, 11) is 0. The van der Waals surface area contributed by atoms with Crippen LogP contribution in [0.4, 0.5) is 4.39 Å². The number of amides is 1. The smallest absolute Gasteiger partial charge is 0.326 e. The molecule has 2 aliphatic rings. The first-order valence-electron chi connectivity index (χ1n) is 8.55. The van der Waals surface area contributed by atoms with Crippen LogP contribution in [0.15, 0.2) is 24.3 Å². The number of carboxylic acids is 1. The van der Waals surface area contributed by atoms with Crippen LogP contribution in [0.3, 0.4) is 0 Å². The second-order valence-corrected chi connectivity index (χ2v) is 6.67. The summed E-state index contributed by atoms with van der Waals surface area (Å²) in [4.78, 5) is 28.0. The molecule has 2 aliphatic heterocycles. The van der Waals surface area contributed by atoms with E-state index < -0.39 is 12.0 Å². The highest BCUT2D eigenvalue weighted by atomic mass is 19.1. The van der Waals surface area contributed by atoms with E-state index in [0.29, 0.717) is 18.5 Å². The number of likely N-dealkylation sites (tertiary alicyclic amines) is 2. The van der Waals surface area contributed by atoms with Crippen molar-refractivity contribution in [1.29, 1.82) is 0 Å². The summed E-state index contributed by atoms with van der Waals surface area (Å²) < 4.78 is 13.3. The Labute approximate surface area is 141 Å². The van der Waals surface area contributed by atoms with Crippen LogP contribution in [0.25, 0.3) is 0 Å². The van der Waals surface area contributed by atoms with Crippen molar-refractivity contribution >= 4 is 11.9 Å². The zero-order valence-corrected chi connectivity index (χ0v) is 13.7. The minimum Gasteiger partial charge on any atom is -0.480 e. The van der Waals surface area contributed by atoms with E-state index in [0.717, 1.165) is 32.4 Å². The number of halogens is 1. The van der Waals surface area contributed by atoms with Gasteiger partial charge in [0.2, 0.25) is 5.91 Å². The molecule has 6 heteroatoms. The number of nitrogens with zero attached hydrogens (tertiary/aromatic N) is 2. The number of rotatable bonds is 4. The van der Waals surface area contributed by atoms with Crippen LogP contribution in [0.2, 0.25) is 0 Å². The fourth-order valence-corrected chi connectivity index (χ4v) is 3.84. The van der Waals surface area contributed by atoms with Crippen LogP contribution in [-0.2, 0) is 16.0 Å². The van der Waals surface area contributed by atoms with Crippen molar-refractivity contribution in [2.24, 2.45) is 0 Å². The number of hydrogen-bond acceptors (Lipinski definition) is 3. The third-order valence-electron chi connectivity index (χ3n) is 5.08. The number of carboxylic acid groups (broad SMARTS) is 1. The van der Waals surface area contributed by atoms with Gasteiger partial charge in [-0.05, 0) is 56.5 Å². The van der Waals surface area contributed by atoms with E-state index in [-0.39, 0.29) is 24.2 Å². The lowest BCUT2D eigenvalue weighted by Gasteiger charge is -2.40. The van der Waals surface area contributed by atoms with Crippen molar-refractivity contribution in [1.82, 2.24) is 9.80 Å². The Bertz CT molecular complexity index is 616. The number of carbonyl (C=O) groups is 2. The molecule has 1 aromatic carbocycles. The van der Waals surface area contributed by atoms with Gasteiger partial charge in [0.15, 0.2) is 0 Å². The first kappa shape index (κ1) is 16.9. The summed E-state index contributed by atoms with van der Waals surface area (Å²) in [6, 6.07) is 5.36. The number of aliphatic carboxylic acids is 1. The van der Waals surface area contributed by atoms with Crippen molar-refractivity contribution in [3.8, 4) is 0 Å². The summed E-state index contributed by atoms with van der Waals surface area (Å²) in [6.07, 6.45) is 3.64. The summed E-state index contributed by atoms with van der Waals surface area (Å²) in [6.45, 7) is 2.49. The Balaban J connectivity index is 1.67. The maximum atomic E-state index is 13.3. The van der Waals surface area contributed by atoms with Crippen molar-refractivity contribution in [3.05, 3.63) is 35.6 Å². The Kier molecular flexibility index (Phi) is 5.14. The number of benzene rings is 1. The first-order valence-corrected chi connectivity index (χ1v) is 8.55. The molecule has 1 aromatic rings. The molecule has 0 bridgehead atoms. The number of piperidine rings is 1. The second-order valence-electron chi connectivity index (χ2n) is 6.67. The van der Waals surface area contributed by atoms with Crippen LogP contribution in [-0.4, -0.2) is 58.5 Å². The van der Waals surface area contributed by atoms with Crippen LogP contribution in [0, 0.1) is 5.82 Å². The Morgan fingerprint density at radius 2 is 1.96 bits per heavy atom. The van der Waals surface area contributed by atoms with E-state index in [1.807, 2.05) is 0 Å². The molecule has 1 amide bonds. The molecule has 2 fully saturated rings. The fraction of sp³-hybridized carbons (Fsp3) is 0.556. The normalized spacial score (nSPS) is 25.0. The van der Waals surface area contributed by atoms with Gasteiger partial charge in [0, 0.05) is 12.6 Å². The molecule has 3 rings (SSSR count). The minimum absolute atomic E-state index is 0.0376. The van der Waals surface area contributed by atoms with Gasteiger partial charge in [-0.1, -0.05) is 12.1 Å². The zero-order valence-electron chi connectivity index (χ0n) is 13.7. The standard InChI is InChI=1S/C18H23FN2O3/c19-14-5-3-4-13(10-14)11-17(22)21-9-6-15(12-16(21)18(23)24)20-7-1-2-8-20/h3-5,10,15-16H,1-2,6-9,11-12H2,(H,23,24)/t15-,16+/m0/s1. The topological polar surface area (TPSA) is 60.9 Å². The molecule has 0 radical (unpaired) electrons. The van der Waals surface area contributed by atoms with Crippen LogP contribution in [0.1, 0.15) is 31.2 Å². The average molecular weight is 334 g/mol. The SMILES string of the molecule is O=C(O)[C@H]1C[C@@H](N2CCCC2)CCN1C(=O)Cc1cccc(F)c1. The quantitative estimate of drug-likeness (QED) is 0.914. The van der Waals surface area contributed by atoms with E-state index in [1.54, 1.807) is 12.1 Å². The molecule has 0 saturated carbocycles. The predicted molar refractivity (Wildman–Crippen MR) is 87.1 cm³/mol. The fourth-order valence-electron chi connectivity index (χ4n) is 3.84. The van der Waals surface area contributed by atoms with Crippen LogP contribution in [0.5, 0.6) is 0 Å². The van der Waals surface area contributed by atoms with Crippen molar-refractivity contribution in [2.75, 3.05) is 19.6 Å². The zero-order chi connectivity index (χ0) is 17.1. The first-order chi connectivity index (χ1) is 11.5. The van der Waals surface area contributed by atoms with E-state index in [1.165, 1.54) is 17.0 Å². The monoisotopic (exact) mass is 334 g/mol. The van der Waals surface area contributed by atoms with Gasteiger partial charge in [0.05, 0.1) is 6.42 Å². The van der Waals surface area contributed by atoms with Crippen molar-refractivity contribution in [2.45, 2.75) is 44.2 Å². The Morgan fingerprint density at radius 1 is 1.21 bits per heavy atom. The molecular formula is C18H23FN2O3. The maximum Gasteiger partial charge on any atom is 0.326 e. The Morgan fingerprint density at radius 3 is 2.62 bits per heavy atom. The van der Waals surface area contributed by atoms with Gasteiger partial charge in [-0.15, -0.1) is 0 Å². The van der Waals surface area contributed by atoms with Gasteiger partial charge in [-0.3, -0.25) is 4.79 Å². The van der Waals surface area contributed by atoms with E-state index in [9.17, 15) is 19.1 Å². The molecule has 2 saturated heterocycles. The molecule has 5 nitrogen and oxygen atoms in total. The van der Waals surface area contributed by atoms with Crippen molar-refractivity contribution in [3.63, 3.8) is 0 Å². The molecule has 24 heavy (non-hydrogen) atoms. The number of carbonyl (C=O) groups excluding carboxylic acids is 1. The molecule has 130 valence electrons. The number of hydrogen-bond donors (Lipinski definition) is 1. The molecule has 0 spiro atoms. The van der Waals surface area contributed by atoms with Gasteiger partial charge in [-0.2, -0.15) is 0 Å². The van der Waals surface area contributed by atoms with Gasteiger partial charge in [0.25, 0.3) is 0 Å². The maximum absolute atomic E-state index is 13.3. The average Bonchev–Trinajstić information content (AvgIpc) is 3.08. The van der Waals surface area contributed by atoms with E-state index in [4.69, 9.17) is 0 Å². The molecule has 0 aliphatic carbocycles. The van der Waals surface area contributed by atoms with Gasteiger partial charge >= 0.3 is 5.97 Å². The van der Waals surface area contributed by atoms with E-state index >= 15 is 0 Å². The summed E-state index contributed by atoms with van der Waals surface area (Å²) in [5, 5.41) is 9.56. The molecule has 0 aromatic heterocycles. The summed E-state index contributed by atoms with van der Waals surface area (Å²) >= 11 is 0. The van der Waals surface area contributed by atoms with Crippen LogP contribution >= 0.6 is 0 Å². The van der Waals surface area contributed by atoms with Crippen LogP contribution < -0.4 is 0 Å². The predicted octanol–water partition coefficient (Wildman–Crippen LogP) is 1.91. The Hall–Kier alpha value is -1.95. The molecule has 2 atom stereocenters. The highest BCUT2D eigenvalue weighted by Gasteiger charge is 2.38. The molecule has 1 N–H and O–H groups in total. The minimum atomic E-state index is -0.952. The second kappa shape index (κ2) is 7.30. The highest BCUT2D eigenvalue weighted by molar-refractivity contribution is 5.85. The third-order valence-corrected chi connectivity index (χ3v) is 5.08. The van der Waals surface area contributed by atoms with Gasteiger partial charge in [0.1, 0.15) is 11.9 Å². The molecule has 0 unspecified atom stereocenters. The van der Waals surface area contributed by atoms with Gasteiger partial charge in [-0.25, -0.2) is 9.18 Å². The molecule has 2 heterocycles. The van der Waals surface area contributed by atoms with E-state index in [2.05, 4.69) is 4.90 Å². The van der Waals surface area contributed by atoms with Gasteiger partial charge < -0.3 is 14.9 Å².